The molecule has 19 heavy (non-hydrogen) atoms. The molecule has 0 bridgehead atoms. The summed E-state index contributed by atoms with van der Waals surface area (Å²) in [6, 6.07) is 14.3. The molecule has 100 valence electrons. The molecule has 0 unspecified atom stereocenters. The average Bonchev–Trinajstić information content (AvgIpc) is 2.38. The molecule has 1 nitrogen and oxygen atoms in total. The van der Waals surface area contributed by atoms with Gasteiger partial charge in [-0.1, -0.05) is 58.3 Å². The second kappa shape index (κ2) is 7.34. The van der Waals surface area contributed by atoms with Crippen LogP contribution in [0.5, 0.6) is 0 Å². The van der Waals surface area contributed by atoms with Crippen molar-refractivity contribution in [3.63, 3.8) is 0 Å². The van der Waals surface area contributed by atoms with E-state index in [9.17, 15) is 0 Å². The molecule has 0 aliphatic heterocycles. The van der Waals surface area contributed by atoms with E-state index >= 15 is 0 Å². The molecule has 0 spiro atoms. The quantitative estimate of drug-likeness (QED) is 0.773. The number of halogens is 2. The summed E-state index contributed by atoms with van der Waals surface area (Å²) in [5, 5.41) is 4.14. The minimum Gasteiger partial charge on any atom is -0.313 e. The fourth-order valence-electron chi connectivity index (χ4n) is 1.69. The highest BCUT2D eigenvalue weighted by Crippen LogP contribution is 2.33. The number of hydrogen-bond donors (Lipinski definition) is 1. The Morgan fingerprint density at radius 1 is 1.21 bits per heavy atom. The van der Waals surface area contributed by atoms with E-state index < -0.39 is 0 Å². The summed E-state index contributed by atoms with van der Waals surface area (Å²) in [6.07, 6.45) is 0. The second-order valence-electron chi connectivity index (χ2n) is 4.09. The summed E-state index contributed by atoms with van der Waals surface area (Å²) >= 11 is 11.3. The fourth-order valence-corrected chi connectivity index (χ4v) is 3.50. The smallest absolute Gasteiger partial charge is 0.0417 e. The lowest BCUT2D eigenvalue weighted by atomic mass is 10.2. The van der Waals surface area contributed by atoms with Gasteiger partial charge in [-0.3, -0.25) is 0 Å². The van der Waals surface area contributed by atoms with Crippen LogP contribution in [0, 0.1) is 0 Å². The fraction of sp³-hybridized carbons (Fsp3) is 0.200. The van der Waals surface area contributed by atoms with Crippen molar-refractivity contribution in [3.8, 4) is 0 Å². The lowest BCUT2D eigenvalue weighted by Gasteiger charge is -2.10. The van der Waals surface area contributed by atoms with Crippen LogP contribution in [0.25, 0.3) is 0 Å². The van der Waals surface area contributed by atoms with Crippen LogP contribution in [0.2, 0.25) is 5.02 Å². The van der Waals surface area contributed by atoms with Gasteiger partial charge in [0.15, 0.2) is 0 Å². The average molecular weight is 357 g/mol. The molecule has 0 aliphatic carbocycles. The van der Waals surface area contributed by atoms with Gasteiger partial charge < -0.3 is 5.32 Å². The van der Waals surface area contributed by atoms with Gasteiger partial charge in [0, 0.05) is 25.8 Å². The largest absolute Gasteiger partial charge is 0.313 e. The molecule has 4 heteroatoms. The number of hydrogen-bond acceptors (Lipinski definition) is 2. The molecule has 0 radical (unpaired) electrons. The molecule has 0 amide bonds. The lowest BCUT2D eigenvalue weighted by Crippen LogP contribution is -2.12. The third kappa shape index (κ3) is 4.53. The van der Waals surface area contributed by atoms with Gasteiger partial charge in [-0.25, -0.2) is 0 Å². The molecule has 0 atom stereocenters. The van der Waals surface area contributed by atoms with Crippen molar-refractivity contribution in [2.24, 2.45) is 0 Å². The standard InChI is InChI=1S/C15H15BrClNS/c1-2-18-10-11-6-7-12(16)8-15(11)19-14-5-3-4-13(17)9-14/h3-9,18H,2,10H2,1H3. The van der Waals surface area contributed by atoms with Crippen LogP contribution in [-0.4, -0.2) is 6.54 Å². The van der Waals surface area contributed by atoms with Gasteiger partial charge in [0.05, 0.1) is 0 Å². The summed E-state index contributed by atoms with van der Waals surface area (Å²) in [5.41, 5.74) is 1.30. The molecule has 0 aromatic heterocycles. The Morgan fingerprint density at radius 3 is 2.79 bits per heavy atom. The van der Waals surface area contributed by atoms with Gasteiger partial charge in [0.25, 0.3) is 0 Å². The first-order valence-electron chi connectivity index (χ1n) is 6.11. The van der Waals surface area contributed by atoms with Crippen molar-refractivity contribution in [1.82, 2.24) is 5.32 Å². The zero-order valence-corrected chi connectivity index (χ0v) is 13.8. The van der Waals surface area contributed by atoms with Gasteiger partial charge >= 0.3 is 0 Å². The third-order valence-electron chi connectivity index (χ3n) is 2.62. The highest BCUT2D eigenvalue weighted by Gasteiger charge is 2.05. The zero-order chi connectivity index (χ0) is 13.7. The van der Waals surface area contributed by atoms with Gasteiger partial charge in [0.2, 0.25) is 0 Å². The Morgan fingerprint density at radius 2 is 2.05 bits per heavy atom. The van der Waals surface area contributed by atoms with Crippen molar-refractivity contribution >= 4 is 39.3 Å². The monoisotopic (exact) mass is 355 g/mol. The molecular formula is C15H15BrClNS. The molecule has 2 rings (SSSR count). The maximum atomic E-state index is 6.03. The molecule has 2 aromatic rings. The van der Waals surface area contributed by atoms with Crippen LogP contribution >= 0.6 is 39.3 Å². The zero-order valence-electron chi connectivity index (χ0n) is 10.6. The van der Waals surface area contributed by atoms with Gasteiger partial charge in [0.1, 0.15) is 0 Å². The number of benzene rings is 2. The predicted octanol–water partition coefficient (Wildman–Crippen LogP) is 5.36. The SMILES string of the molecule is CCNCc1ccc(Br)cc1Sc1cccc(Cl)c1. The summed E-state index contributed by atoms with van der Waals surface area (Å²) in [4.78, 5) is 2.40. The van der Waals surface area contributed by atoms with Crippen LogP contribution < -0.4 is 5.32 Å². The van der Waals surface area contributed by atoms with Crippen LogP contribution in [0.15, 0.2) is 56.7 Å². The molecule has 2 aromatic carbocycles. The van der Waals surface area contributed by atoms with Crippen molar-refractivity contribution < 1.29 is 0 Å². The molecular weight excluding hydrogens is 342 g/mol. The highest BCUT2D eigenvalue weighted by molar-refractivity contribution is 9.10. The van der Waals surface area contributed by atoms with Crippen LogP contribution in [0.4, 0.5) is 0 Å². The first-order chi connectivity index (χ1) is 9.19. The number of nitrogens with one attached hydrogen (secondary N) is 1. The Hall–Kier alpha value is -0.480. The summed E-state index contributed by atoms with van der Waals surface area (Å²) < 4.78 is 1.09. The Labute approximate surface area is 131 Å². The maximum absolute atomic E-state index is 6.03. The normalized spacial score (nSPS) is 10.7. The highest BCUT2D eigenvalue weighted by atomic mass is 79.9. The van der Waals surface area contributed by atoms with E-state index in [0.29, 0.717) is 0 Å². The van der Waals surface area contributed by atoms with E-state index in [2.05, 4.69) is 52.4 Å². The molecule has 0 fully saturated rings. The summed E-state index contributed by atoms with van der Waals surface area (Å²) in [7, 11) is 0. The topological polar surface area (TPSA) is 12.0 Å². The summed E-state index contributed by atoms with van der Waals surface area (Å²) in [5.74, 6) is 0. The first kappa shape index (κ1) is 14.9. The predicted molar refractivity (Wildman–Crippen MR) is 87.1 cm³/mol. The molecule has 1 N–H and O–H groups in total. The van der Waals surface area contributed by atoms with Crippen LogP contribution in [0.3, 0.4) is 0 Å². The minimum atomic E-state index is 0.772. The van der Waals surface area contributed by atoms with Gasteiger partial charge in [-0.2, -0.15) is 0 Å². The Balaban J connectivity index is 2.24. The Bertz CT molecular complexity index is 560. The van der Waals surface area contributed by atoms with E-state index in [1.54, 1.807) is 11.8 Å². The lowest BCUT2D eigenvalue weighted by molar-refractivity contribution is 0.718. The van der Waals surface area contributed by atoms with E-state index in [-0.39, 0.29) is 0 Å². The minimum absolute atomic E-state index is 0.772. The molecule has 0 saturated heterocycles. The second-order valence-corrected chi connectivity index (χ2v) is 6.56. The van der Waals surface area contributed by atoms with Crippen molar-refractivity contribution in [3.05, 3.63) is 57.5 Å². The Kier molecular flexibility index (Phi) is 5.76. The molecule has 0 aliphatic rings. The van der Waals surface area contributed by atoms with Gasteiger partial charge in [-0.15, -0.1) is 0 Å². The van der Waals surface area contributed by atoms with Crippen LogP contribution in [0.1, 0.15) is 12.5 Å². The first-order valence-corrected chi connectivity index (χ1v) is 8.10. The van der Waals surface area contributed by atoms with Crippen molar-refractivity contribution in [2.45, 2.75) is 23.3 Å². The third-order valence-corrected chi connectivity index (χ3v) is 4.44. The molecule has 0 heterocycles. The van der Waals surface area contributed by atoms with Crippen molar-refractivity contribution in [1.29, 1.82) is 0 Å². The van der Waals surface area contributed by atoms with E-state index in [1.807, 2.05) is 18.2 Å². The summed E-state index contributed by atoms with van der Waals surface area (Å²) in [6.45, 7) is 3.96. The molecule has 0 saturated carbocycles. The van der Waals surface area contributed by atoms with Crippen LogP contribution in [-0.2, 0) is 6.54 Å². The van der Waals surface area contributed by atoms with E-state index in [0.717, 1.165) is 27.5 Å². The van der Waals surface area contributed by atoms with E-state index in [4.69, 9.17) is 11.6 Å². The number of rotatable bonds is 5. The van der Waals surface area contributed by atoms with Gasteiger partial charge in [-0.05, 0) is 42.4 Å². The maximum Gasteiger partial charge on any atom is 0.0417 e. The van der Waals surface area contributed by atoms with Crippen molar-refractivity contribution in [2.75, 3.05) is 6.54 Å². The van der Waals surface area contributed by atoms with E-state index in [1.165, 1.54) is 10.5 Å².